The fourth-order valence-corrected chi connectivity index (χ4v) is 4.82. The van der Waals surface area contributed by atoms with Gasteiger partial charge < -0.3 is 0 Å². The minimum Gasteiger partial charge on any atom is -0.0979 e. The predicted octanol–water partition coefficient (Wildman–Crippen LogP) is 8.95. The topological polar surface area (TPSA) is 0 Å². The Morgan fingerprint density at radius 1 is 0.636 bits per heavy atom. The van der Waals surface area contributed by atoms with Gasteiger partial charge in [-0.2, -0.15) is 0 Å². The maximum absolute atomic E-state index is 3.31. The van der Waals surface area contributed by atoms with E-state index < -0.39 is 0 Å². The third-order valence-electron chi connectivity index (χ3n) is 7.21. The van der Waals surface area contributed by atoms with Crippen molar-refractivity contribution < 1.29 is 0 Å². The first-order valence-electron chi connectivity index (χ1n) is 13.5. The summed E-state index contributed by atoms with van der Waals surface area (Å²) in [4.78, 5) is 0. The summed E-state index contributed by atoms with van der Waals surface area (Å²) in [5.74, 6) is 15.1. The van der Waals surface area contributed by atoms with Crippen molar-refractivity contribution in [1.82, 2.24) is 0 Å². The Labute approximate surface area is 203 Å². The van der Waals surface area contributed by atoms with Gasteiger partial charge in [-0.1, -0.05) is 107 Å². The normalized spacial score (nSPS) is 17.5. The Morgan fingerprint density at radius 2 is 1.18 bits per heavy atom. The SMILES string of the molecule is CCCCCCCC#Cc1ccc(C#Cc2ccc(CC[C@H]3CC[C@H](CC)CC3)cc2)cc1. The summed E-state index contributed by atoms with van der Waals surface area (Å²) in [6.07, 6.45) is 17.2. The number of benzene rings is 2. The zero-order valence-electron chi connectivity index (χ0n) is 21.0. The molecule has 0 saturated heterocycles. The zero-order chi connectivity index (χ0) is 23.1. The van der Waals surface area contributed by atoms with E-state index in [1.54, 1.807) is 0 Å². The average Bonchev–Trinajstić information content (AvgIpc) is 2.87. The van der Waals surface area contributed by atoms with Gasteiger partial charge >= 0.3 is 0 Å². The molecule has 2 aromatic carbocycles. The molecule has 3 rings (SSSR count). The maximum atomic E-state index is 3.31. The molecule has 0 aliphatic heterocycles. The summed E-state index contributed by atoms with van der Waals surface area (Å²) in [6, 6.07) is 17.2. The number of rotatable bonds is 9. The summed E-state index contributed by atoms with van der Waals surface area (Å²) in [5, 5.41) is 0. The van der Waals surface area contributed by atoms with Crippen LogP contribution < -0.4 is 0 Å². The summed E-state index contributed by atoms with van der Waals surface area (Å²) in [5.41, 5.74) is 4.68. The standard InChI is InChI=1S/C33H42/c1-3-5-6-7-8-9-10-11-29-16-18-31(19-17-29)22-23-33-26-24-32(25-27-33)21-20-30-14-12-28(4-2)13-15-30/h16-19,24-28,30H,3-9,12-15,20-21H2,1-2H3/t28-,30-. The molecule has 0 aromatic heterocycles. The highest BCUT2D eigenvalue weighted by Gasteiger charge is 2.19. The van der Waals surface area contributed by atoms with Gasteiger partial charge in [0.05, 0.1) is 0 Å². The van der Waals surface area contributed by atoms with E-state index in [4.69, 9.17) is 0 Å². The van der Waals surface area contributed by atoms with Gasteiger partial charge in [-0.3, -0.25) is 0 Å². The van der Waals surface area contributed by atoms with Crippen LogP contribution in [0.2, 0.25) is 0 Å². The lowest BCUT2D eigenvalue weighted by molar-refractivity contribution is 0.259. The van der Waals surface area contributed by atoms with Crippen LogP contribution in [0.25, 0.3) is 0 Å². The van der Waals surface area contributed by atoms with E-state index in [0.29, 0.717) is 0 Å². The summed E-state index contributed by atoms with van der Waals surface area (Å²) >= 11 is 0. The van der Waals surface area contributed by atoms with Crippen molar-refractivity contribution in [2.24, 2.45) is 11.8 Å². The van der Waals surface area contributed by atoms with E-state index in [9.17, 15) is 0 Å². The first-order valence-corrected chi connectivity index (χ1v) is 13.5. The van der Waals surface area contributed by atoms with Gasteiger partial charge in [0.1, 0.15) is 0 Å². The highest BCUT2D eigenvalue weighted by atomic mass is 14.2. The van der Waals surface area contributed by atoms with E-state index in [0.717, 1.165) is 34.9 Å². The van der Waals surface area contributed by atoms with E-state index >= 15 is 0 Å². The van der Waals surface area contributed by atoms with Crippen molar-refractivity contribution in [2.75, 3.05) is 0 Å². The third-order valence-corrected chi connectivity index (χ3v) is 7.21. The Bertz CT molecular complexity index is 916. The van der Waals surface area contributed by atoms with Gasteiger partial charge in [-0.05, 0) is 73.1 Å². The lowest BCUT2D eigenvalue weighted by Gasteiger charge is -2.27. The second kappa shape index (κ2) is 14.7. The van der Waals surface area contributed by atoms with Crippen LogP contribution in [-0.2, 0) is 6.42 Å². The highest BCUT2D eigenvalue weighted by molar-refractivity contribution is 5.46. The van der Waals surface area contributed by atoms with Crippen molar-refractivity contribution in [2.45, 2.75) is 97.3 Å². The van der Waals surface area contributed by atoms with Gasteiger partial charge in [-0.15, -0.1) is 0 Å². The van der Waals surface area contributed by atoms with Crippen molar-refractivity contribution in [3.05, 3.63) is 70.8 Å². The molecule has 33 heavy (non-hydrogen) atoms. The molecule has 1 aliphatic rings. The quantitative estimate of drug-likeness (QED) is 0.271. The van der Waals surface area contributed by atoms with E-state index in [-0.39, 0.29) is 0 Å². The molecule has 0 N–H and O–H groups in total. The van der Waals surface area contributed by atoms with Gasteiger partial charge in [-0.25, -0.2) is 0 Å². The van der Waals surface area contributed by atoms with E-state index in [1.165, 1.54) is 82.6 Å². The summed E-state index contributed by atoms with van der Waals surface area (Å²) in [6.45, 7) is 4.60. The Kier molecular flexibility index (Phi) is 11.2. The molecule has 0 amide bonds. The fraction of sp³-hybridized carbons (Fsp3) is 0.515. The first-order chi connectivity index (χ1) is 16.3. The number of hydrogen-bond donors (Lipinski definition) is 0. The van der Waals surface area contributed by atoms with Crippen LogP contribution in [0, 0.1) is 35.5 Å². The van der Waals surface area contributed by atoms with Crippen LogP contribution in [0.1, 0.15) is 113 Å². The average molecular weight is 439 g/mol. The third kappa shape index (κ3) is 9.52. The molecule has 1 fully saturated rings. The predicted molar refractivity (Wildman–Crippen MR) is 143 cm³/mol. The number of hydrogen-bond acceptors (Lipinski definition) is 0. The highest BCUT2D eigenvalue weighted by Crippen LogP contribution is 2.33. The van der Waals surface area contributed by atoms with Crippen LogP contribution in [0.5, 0.6) is 0 Å². The van der Waals surface area contributed by atoms with Crippen molar-refractivity contribution >= 4 is 0 Å². The summed E-state index contributed by atoms with van der Waals surface area (Å²) < 4.78 is 0. The lowest BCUT2D eigenvalue weighted by Crippen LogP contribution is -2.14. The largest absolute Gasteiger partial charge is 0.0979 e. The van der Waals surface area contributed by atoms with Crippen molar-refractivity contribution in [3.63, 3.8) is 0 Å². The molecule has 0 heterocycles. The number of unbranched alkanes of at least 4 members (excludes halogenated alkanes) is 5. The molecule has 174 valence electrons. The summed E-state index contributed by atoms with van der Waals surface area (Å²) in [7, 11) is 0. The number of aryl methyl sites for hydroxylation is 1. The smallest absolute Gasteiger partial charge is 0.0249 e. The van der Waals surface area contributed by atoms with Crippen LogP contribution in [-0.4, -0.2) is 0 Å². The van der Waals surface area contributed by atoms with Crippen LogP contribution in [0.3, 0.4) is 0 Å². The van der Waals surface area contributed by atoms with Crippen LogP contribution in [0.15, 0.2) is 48.5 Å². The molecule has 0 heteroatoms. The molecular weight excluding hydrogens is 396 g/mol. The van der Waals surface area contributed by atoms with Gasteiger partial charge in [0.15, 0.2) is 0 Å². The minimum atomic E-state index is 0.936. The van der Waals surface area contributed by atoms with Crippen molar-refractivity contribution in [1.29, 1.82) is 0 Å². The molecule has 0 radical (unpaired) electrons. The Hall–Kier alpha value is -2.44. The molecule has 0 spiro atoms. The Morgan fingerprint density at radius 3 is 1.79 bits per heavy atom. The van der Waals surface area contributed by atoms with E-state index in [2.05, 4.69) is 86.1 Å². The second-order valence-corrected chi connectivity index (χ2v) is 9.82. The first kappa shape index (κ1) is 25.2. The maximum Gasteiger partial charge on any atom is 0.0249 e. The van der Waals surface area contributed by atoms with Gasteiger partial charge in [0, 0.05) is 23.1 Å². The van der Waals surface area contributed by atoms with Gasteiger partial charge in [0.25, 0.3) is 0 Å². The fourth-order valence-electron chi connectivity index (χ4n) is 4.82. The Balaban J connectivity index is 1.41. The second-order valence-electron chi connectivity index (χ2n) is 9.82. The lowest BCUT2D eigenvalue weighted by atomic mass is 9.78. The van der Waals surface area contributed by atoms with Crippen LogP contribution >= 0.6 is 0 Å². The minimum absolute atomic E-state index is 0.936. The molecule has 0 bridgehead atoms. The zero-order valence-corrected chi connectivity index (χ0v) is 21.0. The molecule has 0 unspecified atom stereocenters. The van der Waals surface area contributed by atoms with Crippen LogP contribution in [0.4, 0.5) is 0 Å². The molecule has 1 aliphatic carbocycles. The molecule has 0 nitrogen and oxygen atoms in total. The molecule has 2 aromatic rings. The monoisotopic (exact) mass is 438 g/mol. The van der Waals surface area contributed by atoms with E-state index in [1.807, 2.05) is 0 Å². The van der Waals surface area contributed by atoms with Crippen molar-refractivity contribution in [3.8, 4) is 23.7 Å². The van der Waals surface area contributed by atoms with Gasteiger partial charge in [0.2, 0.25) is 0 Å². The molecule has 0 atom stereocenters. The molecule has 1 saturated carbocycles. The molecular formula is C33H42.